The molecule has 0 aliphatic carbocycles. The summed E-state index contributed by atoms with van der Waals surface area (Å²) < 4.78 is 25.3. The van der Waals surface area contributed by atoms with E-state index >= 15 is 0 Å². The topological polar surface area (TPSA) is 69.6 Å². The first kappa shape index (κ1) is 13.3. The summed E-state index contributed by atoms with van der Waals surface area (Å²) in [5.74, 6) is -0.163. The minimum Gasteiger partial charge on any atom is -0.507 e. The summed E-state index contributed by atoms with van der Waals surface area (Å²) in [6.07, 6.45) is 1.59. The molecule has 18 heavy (non-hydrogen) atoms. The van der Waals surface area contributed by atoms with Crippen LogP contribution >= 0.6 is 0 Å². The lowest BCUT2D eigenvalue weighted by Crippen LogP contribution is -2.22. The molecule has 0 saturated heterocycles. The van der Waals surface area contributed by atoms with Crippen molar-refractivity contribution in [2.75, 3.05) is 27.2 Å². The Hall–Kier alpha value is -1.11. The largest absolute Gasteiger partial charge is 0.507 e. The maximum Gasteiger partial charge on any atom is 0.246 e. The van der Waals surface area contributed by atoms with Crippen LogP contribution in [0.2, 0.25) is 0 Å². The van der Waals surface area contributed by atoms with Crippen molar-refractivity contribution >= 4 is 10.0 Å². The van der Waals surface area contributed by atoms with E-state index in [4.69, 9.17) is 0 Å². The number of aromatic hydroxyl groups is 1. The molecule has 1 aromatic rings. The standard InChI is InChI=1S/C12H18N2O3S/c1-14(2)18(16,17)12-8-10-4-6-13-5-3-9(10)7-11(12)15/h7-8,13,15H,3-6H2,1-2H3. The molecular formula is C12H18N2O3S. The normalized spacial score (nSPS) is 16.4. The Morgan fingerprint density at radius 1 is 1.17 bits per heavy atom. The van der Waals surface area contributed by atoms with Crippen molar-refractivity contribution in [1.29, 1.82) is 0 Å². The number of phenols is 1. The molecule has 100 valence electrons. The molecule has 0 radical (unpaired) electrons. The van der Waals surface area contributed by atoms with E-state index in [1.807, 2.05) is 0 Å². The van der Waals surface area contributed by atoms with Gasteiger partial charge in [-0.25, -0.2) is 12.7 Å². The number of nitrogens with zero attached hydrogens (tertiary/aromatic N) is 1. The SMILES string of the molecule is CN(C)S(=O)(=O)c1cc2c(cc1O)CCNCC2. The van der Waals surface area contributed by atoms with E-state index in [9.17, 15) is 13.5 Å². The van der Waals surface area contributed by atoms with Gasteiger partial charge in [-0.05, 0) is 49.2 Å². The van der Waals surface area contributed by atoms with Gasteiger partial charge in [0, 0.05) is 14.1 Å². The highest BCUT2D eigenvalue weighted by molar-refractivity contribution is 7.89. The predicted octanol–water partition coefficient (Wildman–Crippen LogP) is 0.331. The number of rotatable bonds is 2. The fourth-order valence-corrected chi connectivity index (χ4v) is 3.10. The van der Waals surface area contributed by atoms with Gasteiger partial charge in [-0.2, -0.15) is 0 Å². The maximum atomic E-state index is 12.1. The smallest absolute Gasteiger partial charge is 0.246 e. The molecule has 0 fully saturated rings. The van der Waals surface area contributed by atoms with Gasteiger partial charge >= 0.3 is 0 Å². The molecule has 1 aliphatic heterocycles. The van der Waals surface area contributed by atoms with Crippen molar-refractivity contribution < 1.29 is 13.5 Å². The summed E-state index contributed by atoms with van der Waals surface area (Å²) in [5.41, 5.74) is 2.02. The highest BCUT2D eigenvalue weighted by Crippen LogP contribution is 2.29. The summed E-state index contributed by atoms with van der Waals surface area (Å²) in [7, 11) is -0.669. The molecule has 0 spiro atoms. The summed E-state index contributed by atoms with van der Waals surface area (Å²) in [6.45, 7) is 1.69. The first-order chi connectivity index (χ1) is 8.43. The van der Waals surface area contributed by atoms with Crippen molar-refractivity contribution in [1.82, 2.24) is 9.62 Å². The van der Waals surface area contributed by atoms with Crippen molar-refractivity contribution in [2.24, 2.45) is 0 Å². The van der Waals surface area contributed by atoms with Gasteiger partial charge in [0.25, 0.3) is 0 Å². The number of benzene rings is 1. The maximum absolute atomic E-state index is 12.1. The van der Waals surface area contributed by atoms with E-state index < -0.39 is 10.0 Å². The molecule has 1 heterocycles. The lowest BCUT2D eigenvalue weighted by molar-refractivity contribution is 0.451. The molecule has 0 atom stereocenters. The third kappa shape index (κ3) is 2.36. The van der Waals surface area contributed by atoms with Gasteiger partial charge in [-0.15, -0.1) is 0 Å². The van der Waals surface area contributed by atoms with Crippen LogP contribution in [-0.4, -0.2) is 45.0 Å². The molecule has 1 aliphatic rings. The van der Waals surface area contributed by atoms with Crippen molar-refractivity contribution in [3.8, 4) is 5.75 Å². The first-order valence-electron chi connectivity index (χ1n) is 5.91. The van der Waals surface area contributed by atoms with Crippen LogP contribution in [0.5, 0.6) is 5.75 Å². The molecule has 2 rings (SSSR count). The van der Waals surface area contributed by atoms with E-state index in [1.165, 1.54) is 14.1 Å². The Morgan fingerprint density at radius 3 is 2.28 bits per heavy atom. The van der Waals surface area contributed by atoms with E-state index in [-0.39, 0.29) is 10.6 Å². The summed E-state index contributed by atoms with van der Waals surface area (Å²) in [5, 5.41) is 13.2. The van der Waals surface area contributed by atoms with Gasteiger partial charge in [0.15, 0.2) is 0 Å². The monoisotopic (exact) mass is 270 g/mol. The quantitative estimate of drug-likeness (QED) is 0.812. The molecule has 5 nitrogen and oxygen atoms in total. The average molecular weight is 270 g/mol. The Bertz CT molecular complexity index is 553. The Labute approximate surface area is 107 Å². The number of hydrogen-bond acceptors (Lipinski definition) is 4. The van der Waals surface area contributed by atoms with Crippen molar-refractivity contribution in [3.05, 3.63) is 23.3 Å². The van der Waals surface area contributed by atoms with Crippen molar-refractivity contribution in [3.63, 3.8) is 0 Å². The molecule has 6 heteroatoms. The highest BCUT2D eigenvalue weighted by atomic mass is 32.2. The van der Waals surface area contributed by atoms with Gasteiger partial charge in [0.1, 0.15) is 10.6 Å². The number of hydrogen-bond donors (Lipinski definition) is 2. The summed E-state index contributed by atoms with van der Waals surface area (Å²) in [4.78, 5) is -0.00634. The van der Waals surface area contributed by atoms with Gasteiger partial charge in [-0.1, -0.05) is 0 Å². The zero-order chi connectivity index (χ0) is 13.3. The predicted molar refractivity (Wildman–Crippen MR) is 69.3 cm³/mol. The molecule has 2 N–H and O–H groups in total. The number of phenolic OH excluding ortho intramolecular Hbond substituents is 1. The van der Waals surface area contributed by atoms with E-state index in [0.717, 1.165) is 41.4 Å². The lowest BCUT2D eigenvalue weighted by atomic mass is 10.0. The molecular weight excluding hydrogens is 252 g/mol. The second kappa shape index (κ2) is 4.87. The van der Waals surface area contributed by atoms with Crippen LogP contribution in [0.4, 0.5) is 0 Å². The number of sulfonamides is 1. The second-order valence-electron chi connectivity index (χ2n) is 4.63. The highest BCUT2D eigenvalue weighted by Gasteiger charge is 2.23. The first-order valence-corrected chi connectivity index (χ1v) is 7.35. The van der Waals surface area contributed by atoms with Gasteiger partial charge in [-0.3, -0.25) is 0 Å². The molecule has 0 aromatic heterocycles. The van der Waals surface area contributed by atoms with Gasteiger partial charge in [0.2, 0.25) is 10.0 Å². The summed E-state index contributed by atoms with van der Waals surface area (Å²) in [6, 6.07) is 3.19. The molecule has 0 saturated carbocycles. The van der Waals surface area contributed by atoms with Crippen LogP contribution in [0, 0.1) is 0 Å². The fourth-order valence-electron chi connectivity index (χ4n) is 2.09. The van der Waals surface area contributed by atoms with Crippen LogP contribution in [0.15, 0.2) is 17.0 Å². The third-order valence-electron chi connectivity index (χ3n) is 3.18. The fraction of sp³-hybridized carbons (Fsp3) is 0.500. The van der Waals surface area contributed by atoms with Crippen LogP contribution in [0.1, 0.15) is 11.1 Å². The Balaban J connectivity index is 2.54. The molecule has 0 unspecified atom stereocenters. The lowest BCUT2D eigenvalue weighted by Gasteiger charge is -2.15. The Morgan fingerprint density at radius 2 is 1.72 bits per heavy atom. The minimum atomic E-state index is -3.59. The molecule has 1 aromatic carbocycles. The second-order valence-corrected chi connectivity index (χ2v) is 6.75. The molecule has 0 bridgehead atoms. The zero-order valence-corrected chi connectivity index (χ0v) is 11.4. The average Bonchev–Trinajstić information content (AvgIpc) is 2.52. The van der Waals surface area contributed by atoms with E-state index in [2.05, 4.69) is 5.32 Å². The van der Waals surface area contributed by atoms with E-state index in [1.54, 1.807) is 12.1 Å². The van der Waals surface area contributed by atoms with Gasteiger partial charge < -0.3 is 10.4 Å². The van der Waals surface area contributed by atoms with Gasteiger partial charge in [0.05, 0.1) is 0 Å². The molecule has 0 amide bonds. The minimum absolute atomic E-state index is 0.00634. The van der Waals surface area contributed by atoms with E-state index in [0.29, 0.717) is 0 Å². The number of fused-ring (bicyclic) bond motifs is 1. The van der Waals surface area contributed by atoms with Crippen LogP contribution in [0.25, 0.3) is 0 Å². The van der Waals surface area contributed by atoms with Crippen LogP contribution in [-0.2, 0) is 22.9 Å². The van der Waals surface area contributed by atoms with Crippen LogP contribution < -0.4 is 5.32 Å². The number of nitrogens with one attached hydrogen (secondary N) is 1. The Kier molecular flexibility index (Phi) is 3.61. The summed E-state index contributed by atoms with van der Waals surface area (Å²) >= 11 is 0. The third-order valence-corrected chi connectivity index (χ3v) is 5.03. The van der Waals surface area contributed by atoms with Crippen LogP contribution in [0.3, 0.4) is 0 Å². The van der Waals surface area contributed by atoms with Crippen molar-refractivity contribution in [2.45, 2.75) is 17.7 Å². The zero-order valence-electron chi connectivity index (χ0n) is 10.6.